The fourth-order valence-corrected chi connectivity index (χ4v) is 9.67. The summed E-state index contributed by atoms with van der Waals surface area (Å²) in [6.07, 6.45) is 0. The van der Waals surface area contributed by atoms with Crippen LogP contribution in [0.4, 0.5) is 17.1 Å². The maximum Gasteiger partial charge on any atom is 0.0540 e. The second-order valence-electron chi connectivity index (χ2n) is 14.2. The van der Waals surface area contributed by atoms with Gasteiger partial charge in [-0.2, -0.15) is 0 Å². The zero-order chi connectivity index (χ0) is 32.6. The number of rotatable bonds is 4. The number of nitrogens with zero attached hydrogens (tertiary/aromatic N) is 1. The van der Waals surface area contributed by atoms with Crippen LogP contribution in [-0.2, 0) is 10.8 Å². The number of anilines is 3. The molecule has 0 atom stereocenters. The quantitative estimate of drug-likeness (QED) is 0.189. The smallest absolute Gasteiger partial charge is 0.0540 e. The Labute approximate surface area is 287 Å². The molecule has 0 bridgehead atoms. The van der Waals surface area contributed by atoms with Crippen molar-refractivity contribution in [1.82, 2.24) is 0 Å². The van der Waals surface area contributed by atoms with E-state index in [1.54, 1.807) is 0 Å². The minimum absolute atomic E-state index is 0.0563. The fraction of sp³-hybridized carbons (Fsp3) is 0.130. The van der Waals surface area contributed by atoms with Crippen molar-refractivity contribution >= 4 is 39.6 Å². The van der Waals surface area contributed by atoms with Crippen LogP contribution in [0.25, 0.3) is 33.0 Å². The molecule has 0 spiro atoms. The molecule has 1 aliphatic carbocycles. The molecule has 2 aliphatic rings. The Kier molecular flexibility index (Phi) is 6.51. The van der Waals surface area contributed by atoms with E-state index in [1.165, 1.54) is 76.4 Å². The number of hydrogen-bond donors (Lipinski definition) is 0. The summed E-state index contributed by atoms with van der Waals surface area (Å²) in [5.74, 6) is 0. The average molecular weight is 636 g/mol. The molecule has 232 valence electrons. The van der Waals surface area contributed by atoms with Crippen molar-refractivity contribution in [2.45, 2.75) is 48.3 Å². The molecular weight excluding hydrogens is 599 g/mol. The van der Waals surface area contributed by atoms with Crippen molar-refractivity contribution in [3.8, 4) is 22.3 Å². The lowest BCUT2D eigenvalue weighted by atomic mass is 9.77. The van der Waals surface area contributed by atoms with Gasteiger partial charge in [0.15, 0.2) is 0 Å². The van der Waals surface area contributed by atoms with E-state index in [0.717, 1.165) is 5.69 Å². The molecule has 0 unspecified atom stereocenters. The molecule has 0 fully saturated rings. The Morgan fingerprint density at radius 2 is 1.06 bits per heavy atom. The van der Waals surface area contributed by atoms with E-state index in [4.69, 9.17) is 0 Å². The molecule has 1 nitrogen and oxygen atoms in total. The van der Waals surface area contributed by atoms with E-state index in [-0.39, 0.29) is 10.8 Å². The normalized spacial score (nSPS) is 14.9. The molecule has 0 radical (unpaired) electrons. The minimum atomic E-state index is -0.0767. The Morgan fingerprint density at radius 1 is 0.458 bits per heavy atom. The highest BCUT2D eigenvalue weighted by Crippen LogP contribution is 2.53. The molecule has 0 amide bonds. The summed E-state index contributed by atoms with van der Waals surface area (Å²) in [4.78, 5) is 5.16. The van der Waals surface area contributed by atoms with E-state index in [2.05, 4.69) is 184 Å². The number of benzene rings is 7. The number of hydrogen-bond acceptors (Lipinski definition) is 2. The molecule has 0 N–H and O–H groups in total. The summed E-state index contributed by atoms with van der Waals surface area (Å²) in [5, 5.41) is 2.47. The van der Waals surface area contributed by atoms with Gasteiger partial charge in [-0.1, -0.05) is 155 Å². The van der Waals surface area contributed by atoms with Crippen molar-refractivity contribution in [2.24, 2.45) is 0 Å². The first kappa shape index (κ1) is 29.1. The zero-order valence-electron chi connectivity index (χ0n) is 27.8. The van der Waals surface area contributed by atoms with Crippen LogP contribution in [0.3, 0.4) is 0 Å². The first-order valence-electron chi connectivity index (χ1n) is 16.9. The average Bonchev–Trinajstić information content (AvgIpc) is 3.34. The molecule has 0 aromatic heterocycles. The van der Waals surface area contributed by atoms with Crippen LogP contribution >= 0.6 is 11.8 Å². The standard InChI is InChI=1S/C46H37NS/c1-45(2)38-18-8-7-16-36(38)37-28-27-33(29-41(37)45)47(42-21-11-14-30-13-5-6-15-34(30)42)32-25-23-31(24-26-32)35-17-12-20-40-44(35)48-43-22-10-9-19-39(43)46(40,3)4/h5-29H,1-4H3. The third-order valence-corrected chi connectivity index (χ3v) is 11.9. The third kappa shape index (κ3) is 4.32. The molecule has 1 aliphatic heterocycles. The van der Waals surface area contributed by atoms with Crippen LogP contribution in [0.15, 0.2) is 161 Å². The van der Waals surface area contributed by atoms with E-state index < -0.39 is 0 Å². The van der Waals surface area contributed by atoms with Crippen molar-refractivity contribution in [3.05, 3.63) is 174 Å². The highest BCUT2D eigenvalue weighted by atomic mass is 32.2. The summed E-state index contributed by atoms with van der Waals surface area (Å²) < 4.78 is 0. The van der Waals surface area contributed by atoms with Gasteiger partial charge in [-0.3, -0.25) is 0 Å². The van der Waals surface area contributed by atoms with Crippen molar-refractivity contribution in [2.75, 3.05) is 4.90 Å². The minimum Gasteiger partial charge on any atom is -0.310 e. The Balaban J connectivity index is 1.18. The van der Waals surface area contributed by atoms with Gasteiger partial charge < -0.3 is 4.90 Å². The van der Waals surface area contributed by atoms with Crippen LogP contribution in [-0.4, -0.2) is 0 Å². The molecule has 7 aromatic rings. The fourth-order valence-electron chi connectivity index (χ4n) is 8.15. The molecule has 48 heavy (non-hydrogen) atoms. The van der Waals surface area contributed by atoms with E-state index >= 15 is 0 Å². The van der Waals surface area contributed by atoms with Crippen molar-refractivity contribution in [1.29, 1.82) is 0 Å². The van der Waals surface area contributed by atoms with Gasteiger partial charge >= 0.3 is 0 Å². The zero-order valence-corrected chi connectivity index (χ0v) is 28.6. The summed E-state index contributed by atoms with van der Waals surface area (Å²) in [5.41, 5.74) is 14.1. The van der Waals surface area contributed by atoms with Gasteiger partial charge in [-0.15, -0.1) is 0 Å². The Bertz CT molecular complexity index is 2370. The predicted octanol–water partition coefficient (Wildman–Crippen LogP) is 13.1. The van der Waals surface area contributed by atoms with Gasteiger partial charge in [0.05, 0.1) is 5.69 Å². The summed E-state index contributed by atoms with van der Waals surface area (Å²) in [6, 6.07) is 56.2. The molecule has 7 aromatic carbocycles. The second-order valence-corrected chi connectivity index (χ2v) is 15.2. The SMILES string of the molecule is CC1(C)c2ccccc2-c2ccc(N(c3ccc(-c4cccc5c4Sc4ccccc4C5(C)C)cc3)c3cccc4ccccc34)cc21. The molecule has 0 saturated heterocycles. The summed E-state index contributed by atoms with van der Waals surface area (Å²) >= 11 is 1.91. The highest BCUT2D eigenvalue weighted by molar-refractivity contribution is 7.99. The van der Waals surface area contributed by atoms with Gasteiger partial charge in [0.2, 0.25) is 0 Å². The summed E-state index contributed by atoms with van der Waals surface area (Å²) in [7, 11) is 0. The van der Waals surface area contributed by atoms with Gasteiger partial charge in [0.1, 0.15) is 0 Å². The van der Waals surface area contributed by atoms with Gasteiger partial charge in [-0.25, -0.2) is 0 Å². The van der Waals surface area contributed by atoms with Gasteiger partial charge in [0.25, 0.3) is 0 Å². The lowest BCUT2D eigenvalue weighted by Gasteiger charge is -2.35. The van der Waals surface area contributed by atoms with Crippen LogP contribution in [0.5, 0.6) is 0 Å². The van der Waals surface area contributed by atoms with Crippen molar-refractivity contribution < 1.29 is 0 Å². The van der Waals surface area contributed by atoms with E-state index in [0.29, 0.717) is 0 Å². The first-order valence-corrected chi connectivity index (χ1v) is 17.7. The monoisotopic (exact) mass is 635 g/mol. The summed E-state index contributed by atoms with van der Waals surface area (Å²) in [6.45, 7) is 9.43. The highest BCUT2D eigenvalue weighted by Gasteiger charge is 2.36. The van der Waals surface area contributed by atoms with E-state index in [9.17, 15) is 0 Å². The number of fused-ring (bicyclic) bond motifs is 6. The Hall–Kier alpha value is -5.05. The lowest BCUT2D eigenvalue weighted by Crippen LogP contribution is -2.23. The Morgan fingerprint density at radius 3 is 1.92 bits per heavy atom. The maximum atomic E-state index is 2.44. The van der Waals surface area contributed by atoms with Crippen molar-refractivity contribution in [3.63, 3.8) is 0 Å². The molecule has 0 saturated carbocycles. The van der Waals surface area contributed by atoms with Crippen LogP contribution in [0.1, 0.15) is 49.9 Å². The lowest BCUT2D eigenvalue weighted by molar-refractivity contribution is 0.608. The molecular formula is C46H37NS. The topological polar surface area (TPSA) is 3.24 Å². The van der Waals surface area contributed by atoms with Gasteiger partial charge in [-0.05, 0) is 86.3 Å². The van der Waals surface area contributed by atoms with E-state index in [1.807, 2.05) is 11.8 Å². The third-order valence-electron chi connectivity index (χ3n) is 10.7. The van der Waals surface area contributed by atoms with Crippen LogP contribution < -0.4 is 4.90 Å². The van der Waals surface area contributed by atoms with Crippen LogP contribution in [0.2, 0.25) is 0 Å². The van der Waals surface area contributed by atoms with Crippen LogP contribution in [0, 0.1) is 0 Å². The molecule has 9 rings (SSSR count). The first-order chi connectivity index (χ1) is 23.3. The predicted molar refractivity (Wildman–Crippen MR) is 204 cm³/mol. The maximum absolute atomic E-state index is 2.44. The van der Waals surface area contributed by atoms with Gasteiger partial charge in [0, 0.05) is 37.4 Å². The largest absolute Gasteiger partial charge is 0.310 e. The second kappa shape index (κ2) is 10.7. The molecule has 2 heteroatoms. The molecule has 1 heterocycles.